The molecule has 0 aromatic carbocycles. The van der Waals surface area contributed by atoms with Crippen LogP contribution < -0.4 is 0 Å². The Bertz CT molecular complexity index is 242. The summed E-state index contributed by atoms with van der Waals surface area (Å²) in [5, 5.41) is 0. The summed E-state index contributed by atoms with van der Waals surface area (Å²) < 4.78 is 4.93. The highest BCUT2D eigenvalue weighted by Crippen LogP contribution is 2.52. The molecule has 0 amide bonds. The van der Waals surface area contributed by atoms with E-state index in [2.05, 4.69) is 25.7 Å². The second kappa shape index (κ2) is 3.18. The second-order valence-corrected chi connectivity index (χ2v) is 3.78. The van der Waals surface area contributed by atoms with Gasteiger partial charge in [-0.3, -0.25) is 4.79 Å². The first-order chi connectivity index (χ1) is 5.58. The lowest BCUT2D eigenvalue weighted by atomic mass is 10.1. The molecule has 0 saturated heterocycles. The van der Waals surface area contributed by atoms with E-state index in [0.29, 0.717) is 0 Å². The molecule has 1 saturated carbocycles. The van der Waals surface area contributed by atoms with E-state index >= 15 is 0 Å². The molecule has 1 aliphatic rings. The lowest BCUT2D eigenvalue weighted by molar-refractivity contribution is -0.144. The highest BCUT2D eigenvalue weighted by molar-refractivity contribution is 5.76. The van der Waals surface area contributed by atoms with Gasteiger partial charge in [0.2, 0.25) is 0 Å². The zero-order valence-electron chi connectivity index (χ0n) is 7.81. The van der Waals surface area contributed by atoms with Gasteiger partial charge in [0.15, 0.2) is 6.61 Å². The van der Waals surface area contributed by atoms with Crippen LogP contribution in [0.4, 0.5) is 0 Å². The smallest absolute Gasteiger partial charge is 0.310 e. The number of esters is 1. The summed E-state index contributed by atoms with van der Waals surface area (Å²) in [4.78, 5) is 11.2. The Labute approximate surface area is 73.3 Å². The fraction of sp³-hybridized carbons (Fsp3) is 0.700. The average molecular weight is 166 g/mol. The zero-order valence-corrected chi connectivity index (χ0v) is 7.81. The minimum absolute atomic E-state index is 0.0947. The van der Waals surface area contributed by atoms with Gasteiger partial charge in [-0.1, -0.05) is 19.8 Å². The van der Waals surface area contributed by atoms with Crippen LogP contribution in [0.25, 0.3) is 0 Å². The van der Waals surface area contributed by atoms with Crippen molar-refractivity contribution in [3.05, 3.63) is 0 Å². The predicted octanol–water partition coefficient (Wildman–Crippen LogP) is 1.60. The van der Waals surface area contributed by atoms with Crippen molar-refractivity contribution in [3.8, 4) is 11.8 Å². The Morgan fingerprint density at radius 3 is 2.67 bits per heavy atom. The summed E-state index contributed by atoms with van der Waals surface area (Å²) in [6, 6.07) is 0. The third kappa shape index (κ3) is 2.01. The van der Waals surface area contributed by atoms with Gasteiger partial charge in [-0.15, -0.1) is 5.92 Å². The minimum Gasteiger partial charge on any atom is -0.452 e. The maximum Gasteiger partial charge on any atom is 0.310 e. The lowest BCUT2D eigenvalue weighted by Crippen LogP contribution is -2.10. The van der Waals surface area contributed by atoms with Crippen LogP contribution in [0.3, 0.4) is 0 Å². The first kappa shape index (κ1) is 9.12. The van der Waals surface area contributed by atoms with Gasteiger partial charge in [0.25, 0.3) is 0 Å². The van der Waals surface area contributed by atoms with Crippen LogP contribution in [-0.2, 0) is 9.53 Å². The van der Waals surface area contributed by atoms with Crippen LogP contribution in [0.1, 0.15) is 27.2 Å². The first-order valence-corrected chi connectivity index (χ1v) is 4.14. The van der Waals surface area contributed by atoms with Crippen molar-refractivity contribution in [1.82, 2.24) is 0 Å². The molecule has 0 N–H and O–H groups in total. The topological polar surface area (TPSA) is 26.3 Å². The van der Waals surface area contributed by atoms with Crippen LogP contribution >= 0.6 is 0 Å². The highest BCUT2D eigenvalue weighted by atomic mass is 16.5. The van der Waals surface area contributed by atoms with E-state index in [1.165, 1.54) is 0 Å². The molecular formula is C10H14O2. The zero-order chi connectivity index (χ0) is 9.19. The van der Waals surface area contributed by atoms with E-state index in [1.807, 2.05) is 0 Å². The third-order valence-electron chi connectivity index (χ3n) is 2.26. The molecule has 0 spiro atoms. The van der Waals surface area contributed by atoms with E-state index < -0.39 is 0 Å². The van der Waals surface area contributed by atoms with Gasteiger partial charge in [-0.05, 0) is 18.8 Å². The highest BCUT2D eigenvalue weighted by Gasteiger charge is 2.51. The minimum atomic E-state index is -0.0947. The molecule has 0 aromatic heterocycles. The number of hydrogen-bond donors (Lipinski definition) is 0. The molecular weight excluding hydrogens is 152 g/mol. The molecule has 0 heterocycles. The van der Waals surface area contributed by atoms with Crippen LogP contribution in [0, 0.1) is 23.2 Å². The van der Waals surface area contributed by atoms with Gasteiger partial charge < -0.3 is 4.74 Å². The summed E-state index contributed by atoms with van der Waals surface area (Å²) in [5.41, 5.74) is 0.163. The Morgan fingerprint density at radius 1 is 1.67 bits per heavy atom. The van der Waals surface area contributed by atoms with Gasteiger partial charge in [-0.25, -0.2) is 0 Å². The Morgan fingerprint density at radius 2 is 2.25 bits per heavy atom. The molecule has 1 aliphatic carbocycles. The van der Waals surface area contributed by atoms with Crippen LogP contribution in [0.15, 0.2) is 0 Å². The molecule has 12 heavy (non-hydrogen) atoms. The molecule has 0 aromatic rings. The van der Waals surface area contributed by atoms with Crippen molar-refractivity contribution >= 4 is 5.97 Å². The Kier molecular flexibility index (Phi) is 2.42. The Balaban J connectivity index is 2.26. The van der Waals surface area contributed by atoms with Crippen molar-refractivity contribution < 1.29 is 9.53 Å². The van der Waals surface area contributed by atoms with Gasteiger partial charge >= 0.3 is 5.97 Å². The second-order valence-electron chi connectivity index (χ2n) is 3.78. The van der Waals surface area contributed by atoms with E-state index in [9.17, 15) is 4.79 Å². The van der Waals surface area contributed by atoms with Crippen molar-refractivity contribution in [2.45, 2.75) is 27.2 Å². The summed E-state index contributed by atoms with van der Waals surface area (Å²) in [6.45, 7) is 6.12. The molecule has 1 fully saturated rings. The largest absolute Gasteiger partial charge is 0.452 e. The Hall–Kier alpha value is -0.970. The molecule has 1 rings (SSSR count). The van der Waals surface area contributed by atoms with Gasteiger partial charge in [0.05, 0.1) is 5.92 Å². The molecule has 0 radical (unpaired) electrons. The van der Waals surface area contributed by atoms with Crippen molar-refractivity contribution in [3.63, 3.8) is 0 Å². The fourth-order valence-electron chi connectivity index (χ4n) is 1.15. The summed E-state index contributed by atoms with van der Waals surface area (Å²) >= 11 is 0. The number of carbonyl (C=O) groups excluding carboxylic acids is 1. The molecule has 1 atom stereocenters. The SMILES string of the molecule is CC#CCOC(=O)C1CC1(C)C. The molecule has 1 unspecified atom stereocenters. The van der Waals surface area contributed by atoms with Crippen LogP contribution in [-0.4, -0.2) is 12.6 Å². The maximum atomic E-state index is 11.2. The summed E-state index contributed by atoms with van der Waals surface area (Å²) in [6.07, 6.45) is 0.950. The van der Waals surface area contributed by atoms with Gasteiger partial charge in [0, 0.05) is 0 Å². The fourth-order valence-corrected chi connectivity index (χ4v) is 1.15. The van der Waals surface area contributed by atoms with Crippen molar-refractivity contribution in [2.75, 3.05) is 6.61 Å². The number of ether oxygens (including phenoxy) is 1. The normalized spacial score (nSPS) is 23.8. The first-order valence-electron chi connectivity index (χ1n) is 4.14. The van der Waals surface area contributed by atoms with E-state index in [1.54, 1.807) is 6.92 Å². The predicted molar refractivity (Wildman–Crippen MR) is 46.3 cm³/mol. The lowest BCUT2D eigenvalue weighted by Gasteiger charge is -2.01. The summed E-state index contributed by atoms with van der Waals surface area (Å²) in [7, 11) is 0. The van der Waals surface area contributed by atoms with E-state index in [4.69, 9.17) is 4.74 Å². The van der Waals surface area contributed by atoms with E-state index in [0.717, 1.165) is 6.42 Å². The average Bonchev–Trinajstić information content (AvgIpc) is 2.60. The molecule has 66 valence electrons. The number of carbonyl (C=O) groups is 1. The number of hydrogen-bond acceptors (Lipinski definition) is 2. The number of rotatable bonds is 2. The van der Waals surface area contributed by atoms with Gasteiger partial charge in [0.1, 0.15) is 0 Å². The van der Waals surface area contributed by atoms with Crippen LogP contribution in [0.5, 0.6) is 0 Å². The standard InChI is InChI=1S/C10H14O2/c1-4-5-6-12-9(11)8-7-10(8,2)3/h8H,6-7H2,1-3H3. The molecule has 0 bridgehead atoms. The van der Waals surface area contributed by atoms with E-state index in [-0.39, 0.29) is 23.9 Å². The third-order valence-corrected chi connectivity index (χ3v) is 2.26. The van der Waals surface area contributed by atoms with Gasteiger partial charge in [-0.2, -0.15) is 0 Å². The van der Waals surface area contributed by atoms with Crippen molar-refractivity contribution in [1.29, 1.82) is 0 Å². The monoisotopic (exact) mass is 166 g/mol. The quantitative estimate of drug-likeness (QED) is 0.460. The van der Waals surface area contributed by atoms with Crippen molar-refractivity contribution in [2.24, 2.45) is 11.3 Å². The molecule has 2 heteroatoms. The van der Waals surface area contributed by atoms with Crippen LogP contribution in [0.2, 0.25) is 0 Å². The summed E-state index contributed by atoms with van der Waals surface area (Å²) in [5.74, 6) is 5.38. The molecule has 2 nitrogen and oxygen atoms in total. The maximum absolute atomic E-state index is 11.2. The molecule has 0 aliphatic heterocycles.